The first-order chi connectivity index (χ1) is 15.1. The Labute approximate surface area is 187 Å². The summed E-state index contributed by atoms with van der Waals surface area (Å²) in [4.78, 5) is 17.1. The van der Waals surface area contributed by atoms with Crippen LogP contribution >= 0.6 is 0 Å². The number of rotatable bonds is 10. The lowest BCUT2D eigenvalue weighted by atomic mass is 9.95. The first kappa shape index (κ1) is 23.1. The van der Waals surface area contributed by atoms with Gasteiger partial charge in [-0.1, -0.05) is 30.3 Å². The predicted octanol–water partition coefficient (Wildman–Crippen LogP) is 4.05. The summed E-state index contributed by atoms with van der Waals surface area (Å²) < 4.78 is 10.7. The van der Waals surface area contributed by atoms with E-state index in [1.807, 2.05) is 42.3 Å². The van der Waals surface area contributed by atoms with Crippen LogP contribution in [0.2, 0.25) is 0 Å². The Morgan fingerprint density at radius 3 is 2.55 bits per heavy atom. The highest BCUT2D eigenvalue weighted by atomic mass is 16.5. The number of aryl methyl sites for hydroxylation is 1. The van der Waals surface area contributed by atoms with E-state index >= 15 is 0 Å². The summed E-state index contributed by atoms with van der Waals surface area (Å²) in [6, 6.07) is 16.2. The van der Waals surface area contributed by atoms with Gasteiger partial charge in [-0.3, -0.25) is 4.79 Å². The first-order valence-corrected chi connectivity index (χ1v) is 11.3. The van der Waals surface area contributed by atoms with Crippen LogP contribution in [0.5, 0.6) is 11.5 Å². The van der Waals surface area contributed by atoms with Crippen molar-refractivity contribution < 1.29 is 14.3 Å². The number of benzene rings is 2. The molecule has 0 spiro atoms. The number of nitrogens with zero attached hydrogens (tertiary/aromatic N) is 2. The van der Waals surface area contributed by atoms with Gasteiger partial charge in [0.15, 0.2) is 0 Å². The van der Waals surface area contributed by atoms with Crippen molar-refractivity contribution in [3.05, 3.63) is 59.7 Å². The molecule has 1 aliphatic heterocycles. The largest absolute Gasteiger partial charge is 0.497 e. The molecule has 1 aliphatic rings. The second kappa shape index (κ2) is 11.8. The summed E-state index contributed by atoms with van der Waals surface area (Å²) in [6.45, 7) is 4.12. The van der Waals surface area contributed by atoms with Gasteiger partial charge in [0, 0.05) is 26.6 Å². The Kier molecular flexibility index (Phi) is 8.77. The van der Waals surface area contributed by atoms with Crippen molar-refractivity contribution in [1.29, 1.82) is 0 Å². The van der Waals surface area contributed by atoms with Gasteiger partial charge in [0.25, 0.3) is 0 Å². The molecule has 2 aromatic carbocycles. The summed E-state index contributed by atoms with van der Waals surface area (Å²) in [7, 11) is 5.35. The minimum Gasteiger partial charge on any atom is -0.497 e. The number of hydrogen-bond donors (Lipinski definition) is 0. The molecule has 31 heavy (non-hydrogen) atoms. The molecule has 0 atom stereocenters. The number of carbonyl (C=O) groups excluding carboxylic acids is 1. The average Bonchev–Trinajstić information content (AvgIpc) is 2.82. The summed E-state index contributed by atoms with van der Waals surface area (Å²) >= 11 is 0. The molecule has 1 fully saturated rings. The SMILES string of the molecule is COc1cccc(CCC(=O)N(C)CC2CCN(CCc3ccccc3OC)CC2)c1. The van der Waals surface area contributed by atoms with Gasteiger partial charge in [-0.05, 0) is 74.0 Å². The van der Waals surface area contributed by atoms with Crippen molar-refractivity contribution >= 4 is 5.91 Å². The zero-order valence-corrected chi connectivity index (χ0v) is 19.2. The van der Waals surface area contributed by atoms with Gasteiger partial charge in [-0.2, -0.15) is 0 Å². The van der Waals surface area contributed by atoms with Gasteiger partial charge in [0.05, 0.1) is 14.2 Å². The molecule has 1 amide bonds. The zero-order chi connectivity index (χ0) is 22.1. The van der Waals surface area contributed by atoms with E-state index in [0.29, 0.717) is 12.3 Å². The molecule has 168 valence electrons. The third kappa shape index (κ3) is 7.00. The fourth-order valence-electron chi connectivity index (χ4n) is 4.34. The van der Waals surface area contributed by atoms with Crippen LogP contribution in [0.1, 0.15) is 30.4 Å². The van der Waals surface area contributed by atoms with Gasteiger partial charge in [0.2, 0.25) is 5.91 Å². The molecule has 0 N–H and O–H groups in total. The van der Waals surface area contributed by atoms with Crippen LogP contribution in [0.25, 0.3) is 0 Å². The van der Waals surface area contributed by atoms with Crippen LogP contribution < -0.4 is 9.47 Å². The van der Waals surface area contributed by atoms with E-state index < -0.39 is 0 Å². The second-order valence-corrected chi connectivity index (χ2v) is 8.47. The molecule has 0 unspecified atom stereocenters. The summed E-state index contributed by atoms with van der Waals surface area (Å²) in [6.07, 6.45) is 4.61. The van der Waals surface area contributed by atoms with E-state index in [2.05, 4.69) is 23.1 Å². The molecular formula is C26H36N2O3. The third-order valence-corrected chi connectivity index (χ3v) is 6.32. The molecule has 5 nitrogen and oxygen atoms in total. The molecular weight excluding hydrogens is 388 g/mol. The predicted molar refractivity (Wildman–Crippen MR) is 125 cm³/mol. The number of methoxy groups -OCH3 is 2. The summed E-state index contributed by atoms with van der Waals surface area (Å²) in [5, 5.41) is 0. The molecule has 1 saturated heterocycles. The van der Waals surface area contributed by atoms with E-state index in [9.17, 15) is 4.79 Å². The first-order valence-electron chi connectivity index (χ1n) is 11.3. The maximum absolute atomic E-state index is 12.6. The van der Waals surface area contributed by atoms with E-state index in [0.717, 1.165) is 68.9 Å². The Morgan fingerprint density at radius 2 is 1.81 bits per heavy atom. The van der Waals surface area contributed by atoms with Crippen LogP contribution in [0, 0.1) is 5.92 Å². The van der Waals surface area contributed by atoms with Crippen LogP contribution in [-0.2, 0) is 17.6 Å². The molecule has 0 aromatic heterocycles. The Hall–Kier alpha value is -2.53. The fourth-order valence-corrected chi connectivity index (χ4v) is 4.34. The maximum Gasteiger partial charge on any atom is 0.222 e. The molecule has 0 aliphatic carbocycles. The van der Waals surface area contributed by atoms with Crippen LogP contribution in [0.4, 0.5) is 0 Å². The monoisotopic (exact) mass is 424 g/mol. The third-order valence-electron chi connectivity index (χ3n) is 6.32. The van der Waals surface area contributed by atoms with Crippen LogP contribution in [-0.4, -0.2) is 63.2 Å². The normalized spacial score (nSPS) is 14.9. The molecule has 5 heteroatoms. The smallest absolute Gasteiger partial charge is 0.222 e. The molecule has 0 saturated carbocycles. The number of likely N-dealkylation sites (tertiary alicyclic amines) is 1. The minimum atomic E-state index is 0.224. The highest BCUT2D eigenvalue weighted by molar-refractivity contribution is 5.76. The summed E-state index contributed by atoms with van der Waals surface area (Å²) in [5.41, 5.74) is 2.41. The van der Waals surface area contributed by atoms with E-state index in [-0.39, 0.29) is 5.91 Å². The molecule has 0 bridgehead atoms. The number of carbonyl (C=O) groups is 1. The van der Waals surface area contributed by atoms with E-state index in [4.69, 9.17) is 9.47 Å². The quantitative estimate of drug-likeness (QED) is 0.577. The van der Waals surface area contributed by atoms with Crippen molar-refractivity contribution in [3.8, 4) is 11.5 Å². The zero-order valence-electron chi connectivity index (χ0n) is 19.2. The lowest BCUT2D eigenvalue weighted by Gasteiger charge is -2.34. The molecule has 3 rings (SSSR count). The van der Waals surface area contributed by atoms with Crippen LogP contribution in [0.3, 0.4) is 0 Å². The number of piperidine rings is 1. The van der Waals surface area contributed by atoms with Gasteiger partial charge in [0.1, 0.15) is 11.5 Å². The number of para-hydroxylation sites is 1. The minimum absolute atomic E-state index is 0.224. The Morgan fingerprint density at radius 1 is 1.03 bits per heavy atom. The topological polar surface area (TPSA) is 42.0 Å². The number of ether oxygens (including phenoxy) is 2. The lowest BCUT2D eigenvalue weighted by molar-refractivity contribution is -0.130. The Bertz CT molecular complexity index is 831. The molecule has 1 heterocycles. The van der Waals surface area contributed by atoms with Crippen molar-refractivity contribution in [2.45, 2.75) is 32.1 Å². The highest BCUT2D eigenvalue weighted by Gasteiger charge is 2.22. The van der Waals surface area contributed by atoms with Gasteiger partial charge < -0.3 is 19.3 Å². The fraction of sp³-hybridized carbons (Fsp3) is 0.500. The molecule has 0 radical (unpaired) electrons. The maximum atomic E-state index is 12.6. The van der Waals surface area contributed by atoms with Gasteiger partial charge in [-0.15, -0.1) is 0 Å². The summed E-state index contributed by atoms with van der Waals surface area (Å²) in [5.74, 6) is 2.64. The standard InChI is InChI=1S/C26H36N2O3/c1-27(26(29)12-11-21-7-6-9-24(19-21)30-2)20-22-13-16-28(17-14-22)18-15-23-8-4-5-10-25(23)31-3/h4-10,19,22H,11-18,20H2,1-3H3. The lowest BCUT2D eigenvalue weighted by Crippen LogP contribution is -2.40. The number of hydrogen-bond acceptors (Lipinski definition) is 4. The number of amides is 1. The van der Waals surface area contributed by atoms with E-state index in [1.54, 1.807) is 14.2 Å². The van der Waals surface area contributed by atoms with Crippen molar-refractivity contribution in [1.82, 2.24) is 9.80 Å². The highest BCUT2D eigenvalue weighted by Crippen LogP contribution is 2.22. The van der Waals surface area contributed by atoms with Gasteiger partial charge in [-0.25, -0.2) is 0 Å². The van der Waals surface area contributed by atoms with E-state index in [1.165, 1.54) is 5.56 Å². The van der Waals surface area contributed by atoms with Crippen molar-refractivity contribution in [3.63, 3.8) is 0 Å². The van der Waals surface area contributed by atoms with Crippen molar-refractivity contribution in [2.24, 2.45) is 5.92 Å². The van der Waals surface area contributed by atoms with Crippen LogP contribution in [0.15, 0.2) is 48.5 Å². The van der Waals surface area contributed by atoms with Gasteiger partial charge >= 0.3 is 0 Å². The average molecular weight is 425 g/mol. The Balaban J connectivity index is 1.37. The van der Waals surface area contributed by atoms with Crippen molar-refractivity contribution in [2.75, 3.05) is 47.4 Å². The molecule has 2 aromatic rings. The second-order valence-electron chi connectivity index (χ2n) is 8.47.